The molecular formula is C11H11NO. The largest absolute Gasteiger partial charge is 0.369 e. The van der Waals surface area contributed by atoms with Gasteiger partial charge < -0.3 is 5.73 Å². The highest BCUT2D eigenvalue weighted by Gasteiger charge is 1.96. The van der Waals surface area contributed by atoms with Gasteiger partial charge in [-0.1, -0.05) is 18.1 Å². The molecule has 1 aromatic rings. The Labute approximate surface area is 77.8 Å². The van der Waals surface area contributed by atoms with Crippen molar-refractivity contribution in [3.8, 4) is 11.8 Å². The van der Waals surface area contributed by atoms with Crippen LogP contribution < -0.4 is 5.73 Å². The van der Waals surface area contributed by atoms with Gasteiger partial charge in [0.25, 0.3) is 0 Å². The second-order valence-corrected chi connectivity index (χ2v) is 2.72. The molecule has 0 saturated heterocycles. The van der Waals surface area contributed by atoms with Gasteiger partial charge in [0.1, 0.15) is 0 Å². The maximum absolute atomic E-state index is 10.6. The van der Waals surface area contributed by atoms with Gasteiger partial charge in [-0.2, -0.15) is 0 Å². The van der Waals surface area contributed by atoms with E-state index in [0.717, 1.165) is 11.1 Å². The van der Waals surface area contributed by atoms with E-state index >= 15 is 0 Å². The van der Waals surface area contributed by atoms with Crippen LogP contribution in [-0.4, -0.2) is 5.91 Å². The molecule has 0 saturated carbocycles. The van der Waals surface area contributed by atoms with Crippen LogP contribution >= 0.6 is 0 Å². The standard InChI is InChI=1S/C11H11NO/c1-2-3-9-4-6-10(7-5-9)8-11(12)13/h4-7H,8H2,1H3,(H2,12,13). The summed E-state index contributed by atoms with van der Waals surface area (Å²) in [4.78, 5) is 10.6. The molecule has 0 aliphatic carbocycles. The highest BCUT2D eigenvalue weighted by Crippen LogP contribution is 2.03. The molecule has 2 N–H and O–H groups in total. The van der Waals surface area contributed by atoms with E-state index in [4.69, 9.17) is 5.73 Å². The lowest BCUT2D eigenvalue weighted by molar-refractivity contribution is -0.117. The summed E-state index contributed by atoms with van der Waals surface area (Å²) >= 11 is 0. The van der Waals surface area contributed by atoms with Gasteiger partial charge in [-0.3, -0.25) is 4.79 Å². The van der Waals surface area contributed by atoms with Crippen LogP contribution in [0.2, 0.25) is 0 Å². The predicted octanol–water partition coefficient (Wildman–Crippen LogP) is 1.09. The van der Waals surface area contributed by atoms with Crippen molar-refractivity contribution in [3.05, 3.63) is 35.4 Å². The number of amides is 1. The zero-order valence-corrected chi connectivity index (χ0v) is 7.50. The first-order valence-electron chi connectivity index (χ1n) is 4.02. The fourth-order valence-electron chi connectivity index (χ4n) is 1.05. The number of benzene rings is 1. The molecule has 0 aliphatic rings. The number of carbonyl (C=O) groups is 1. The third-order valence-corrected chi connectivity index (χ3v) is 1.60. The molecule has 0 unspecified atom stereocenters. The molecule has 66 valence electrons. The van der Waals surface area contributed by atoms with Gasteiger partial charge in [-0.05, 0) is 24.6 Å². The van der Waals surface area contributed by atoms with Crippen LogP contribution in [0.25, 0.3) is 0 Å². The maximum Gasteiger partial charge on any atom is 0.221 e. The van der Waals surface area contributed by atoms with E-state index in [-0.39, 0.29) is 5.91 Å². The Hall–Kier alpha value is -1.75. The lowest BCUT2D eigenvalue weighted by Gasteiger charge is -1.96. The summed E-state index contributed by atoms with van der Waals surface area (Å²) in [6, 6.07) is 7.50. The first-order valence-corrected chi connectivity index (χ1v) is 4.02. The fraction of sp³-hybridized carbons (Fsp3) is 0.182. The Kier molecular flexibility index (Phi) is 3.10. The molecule has 0 radical (unpaired) electrons. The van der Waals surface area contributed by atoms with E-state index < -0.39 is 0 Å². The zero-order valence-electron chi connectivity index (χ0n) is 7.50. The topological polar surface area (TPSA) is 43.1 Å². The van der Waals surface area contributed by atoms with Crippen molar-refractivity contribution >= 4 is 5.91 Å². The van der Waals surface area contributed by atoms with Crippen molar-refractivity contribution < 1.29 is 4.79 Å². The minimum atomic E-state index is -0.311. The van der Waals surface area contributed by atoms with E-state index in [2.05, 4.69) is 11.8 Å². The quantitative estimate of drug-likeness (QED) is 0.668. The monoisotopic (exact) mass is 173 g/mol. The van der Waals surface area contributed by atoms with Crippen LogP contribution in [0, 0.1) is 11.8 Å². The molecule has 13 heavy (non-hydrogen) atoms. The van der Waals surface area contributed by atoms with Crippen LogP contribution in [0.5, 0.6) is 0 Å². The number of rotatable bonds is 2. The second-order valence-electron chi connectivity index (χ2n) is 2.72. The van der Waals surface area contributed by atoms with Crippen molar-refractivity contribution in [1.29, 1.82) is 0 Å². The Morgan fingerprint density at radius 3 is 2.46 bits per heavy atom. The van der Waals surface area contributed by atoms with Crippen molar-refractivity contribution in [2.75, 3.05) is 0 Å². The minimum Gasteiger partial charge on any atom is -0.369 e. The van der Waals surface area contributed by atoms with Gasteiger partial charge in [0.05, 0.1) is 6.42 Å². The molecule has 0 bridgehead atoms. The summed E-state index contributed by atoms with van der Waals surface area (Å²) in [6.45, 7) is 1.79. The highest BCUT2D eigenvalue weighted by molar-refractivity contribution is 5.76. The average Bonchev–Trinajstić information content (AvgIpc) is 2.08. The van der Waals surface area contributed by atoms with Crippen molar-refractivity contribution in [2.45, 2.75) is 13.3 Å². The Bertz CT molecular complexity index is 354. The van der Waals surface area contributed by atoms with Crippen LogP contribution in [0.1, 0.15) is 18.1 Å². The summed E-state index contributed by atoms with van der Waals surface area (Å²) in [5.74, 6) is 5.41. The SMILES string of the molecule is CC#Cc1ccc(CC(N)=O)cc1. The predicted molar refractivity (Wildman–Crippen MR) is 51.9 cm³/mol. The van der Waals surface area contributed by atoms with Crippen molar-refractivity contribution in [2.24, 2.45) is 5.73 Å². The molecule has 1 amide bonds. The lowest BCUT2D eigenvalue weighted by Crippen LogP contribution is -2.13. The number of nitrogens with two attached hydrogens (primary N) is 1. The molecule has 1 rings (SSSR count). The number of primary amides is 1. The van der Waals surface area contributed by atoms with E-state index in [1.165, 1.54) is 0 Å². The first kappa shape index (κ1) is 9.34. The van der Waals surface area contributed by atoms with Gasteiger partial charge in [-0.25, -0.2) is 0 Å². The maximum atomic E-state index is 10.6. The van der Waals surface area contributed by atoms with Crippen LogP contribution in [0.4, 0.5) is 0 Å². The number of carbonyl (C=O) groups excluding carboxylic acids is 1. The van der Waals surface area contributed by atoms with Crippen LogP contribution in [-0.2, 0) is 11.2 Å². The van der Waals surface area contributed by atoms with E-state index in [1.54, 1.807) is 6.92 Å². The van der Waals surface area contributed by atoms with Crippen LogP contribution in [0.15, 0.2) is 24.3 Å². The van der Waals surface area contributed by atoms with Gasteiger partial charge >= 0.3 is 0 Å². The summed E-state index contributed by atoms with van der Waals surface area (Å²) in [5.41, 5.74) is 6.93. The van der Waals surface area contributed by atoms with Gasteiger partial charge in [0.15, 0.2) is 0 Å². The summed E-state index contributed by atoms with van der Waals surface area (Å²) in [6.07, 6.45) is 0.292. The zero-order chi connectivity index (χ0) is 9.68. The lowest BCUT2D eigenvalue weighted by atomic mass is 10.1. The van der Waals surface area contributed by atoms with Crippen molar-refractivity contribution in [1.82, 2.24) is 0 Å². The van der Waals surface area contributed by atoms with E-state index in [0.29, 0.717) is 6.42 Å². The van der Waals surface area contributed by atoms with Crippen LogP contribution in [0.3, 0.4) is 0 Å². The minimum absolute atomic E-state index is 0.292. The van der Waals surface area contributed by atoms with Crippen molar-refractivity contribution in [3.63, 3.8) is 0 Å². The molecule has 1 aromatic carbocycles. The van der Waals surface area contributed by atoms with E-state index in [1.807, 2.05) is 24.3 Å². The summed E-state index contributed by atoms with van der Waals surface area (Å²) < 4.78 is 0. The summed E-state index contributed by atoms with van der Waals surface area (Å²) in [5, 5.41) is 0. The Balaban J connectivity index is 2.79. The molecule has 0 fully saturated rings. The number of hydrogen-bond donors (Lipinski definition) is 1. The van der Waals surface area contributed by atoms with E-state index in [9.17, 15) is 4.79 Å². The molecule has 2 heteroatoms. The molecule has 0 spiro atoms. The third-order valence-electron chi connectivity index (χ3n) is 1.60. The average molecular weight is 173 g/mol. The molecule has 2 nitrogen and oxygen atoms in total. The normalized spacial score (nSPS) is 8.69. The molecule has 0 heterocycles. The summed E-state index contributed by atoms with van der Waals surface area (Å²) in [7, 11) is 0. The molecule has 0 aromatic heterocycles. The molecule has 0 aliphatic heterocycles. The molecule has 0 atom stereocenters. The third kappa shape index (κ3) is 3.00. The first-order chi connectivity index (χ1) is 6.22. The second kappa shape index (κ2) is 4.32. The Morgan fingerprint density at radius 2 is 2.00 bits per heavy atom. The number of hydrogen-bond acceptors (Lipinski definition) is 1. The molecular weight excluding hydrogens is 162 g/mol. The van der Waals surface area contributed by atoms with Gasteiger partial charge in [0, 0.05) is 5.56 Å². The van der Waals surface area contributed by atoms with Gasteiger partial charge in [-0.15, -0.1) is 5.92 Å². The Morgan fingerprint density at radius 1 is 1.38 bits per heavy atom. The fourth-order valence-corrected chi connectivity index (χ4v) is 1.05. The highest BCUT2D eigenvalue weighted by atomic mass is 16.1. The van der Waals surface area contributed by atoms with Gasteiger partial charge in [0.2, 0.25) is 5.91 Å². The smallest absolute Gasteiger partial charge is 0.221 e.